The number of ether oxygens (including phenoxy) is 5. The molecule has 0 spiro atoms. The van der Waals surface area contributed by atoms with Gasteiger partial charge < -0.3 is 54.3 Å². The third-order valence-electron chi connectivity index (χ3n) is 6.48. The van der Waals surface area contributed by atoms with E-state index in [4.69, 9.17) is 23.7 Å². The number of aromatic hydroxyl groups is 2. The Hall–Kier alpha value is -3.46. The minimum atomic E-state index is -1.67. The van der Waals surface area contributed by atoms with Gasteiger partial charge in [0.2, 0.25) is 12.6 Å². The molecule has 0 amide bonds. The van der Waals surface area contributed by atoms with Crippen LogP contribution in [0.25, 0.3) is 6.08 Å². The summed E-state index contributed by atoms with van der Waals surface area (Å²) in [6, 6.07) is 3.95. The maximum atomic E-state index is 12.6. The van der Waals surface area contributed by atoms with Crippen molar-refractivity contribution in [1.82, 2.24) is 0 Å². The number of hydrogen-bond donors (Lipinski definition) is 6. The van der Waals surface area contributed by atoms with E-state index in [0.29, 0.717) is 5.56 Å². The van der Waals surface area contributed by atoms with Crippen LogP contribution in [-0.4, -0.2) is 92.5 Å². The van der Waals surface area contributed by atoms with Crippen LogP contribution in [0.15, 0.2) is 48.8 Å². The molecule has 13 heteroatoms. The van der Waals surface area contributed by atoms with Crippen LogP contribution in [0.5, 0.6) is 11.5 Å². The van der Waals surface area contributed by atoms with Crippen molar-refractivity contribution in [3.8, 4) is 11.5 Å². The van der Waals surface area contributed by atoms with Crippen LogP contribution >= 0.6 is 0 Å². The lowest BCUT2D eigenvalue weighted by atomic mass is 9.80. The van der Waals surface area contributed by atoms with E-state index in [2.05, 4.69) is 6.58 Å². The van der Waals surface area contributed by atoms with Crippen LogP contribution in [-0.2, 0) is 33.3 Å². The Kier molecular flexibility index (Phi) is 8.35. The first-order valence-electron chi connectivity index (χ1n) is 11.7. The fourth-order valence-corrected chi connectivity index (χ4v) is 4.40. The maximum absolute atomic E-state index is 12.6. The lowest BCUT2D eigenvalue weighted by molar-refractivity contribution is -0.340. The monoisotopic (exact) mass is 536 g/mol. The first kappa shape index (κ1) is 27.6. The Morgan fingerprint density at radius 3 is 2.55 bits per heavy atom. The molecule has 0 bridgehead atoms. The molecule has 0 unspecified atom stereocenters. The zero-order valence-electron chi connectivity index (χ0n) is 19.9. The van der Waals surface area contributed by atoms with Gasteiger partial charge in [0.25, 0.3) is 0 Å². The number of phenols is 2. The molecule has 0 aromatic heterocycles. The van der Waals surface area contributed by atoms with Gasteiger partial charge in [0, 0.05) is 24.3 Å². The van der Waals surface area contributed by atoms with Crippen LogP contribution in [0.1, 0.15) is 12.0 Å². The van der Waals surface area contributed by atoms with Gasteiger partial charge in [0.05, 0.1) is 18.4 Å². The first-order chi connectivity index (χ1) is 18.1. The Labute approximate surface area is 216 Å². The number of aliphatic hydroxyl groups excluding tert-OH is 4. The molecule has 38 heavy (non-hydrogen) atoms. The summed E-state index contributed by atoms with van der Waals surface area (Å²) in [4.78, 5) is 24.9. The summed E-state index contributed by atoms with van der Waals surface area (Å²) in [5.74, 6) is -3.65. The van der Waals surface area contributed by atoms with Crippen LogP contribution in [0.2, 0.25) is 0 Å². The van der Waals surface area contributed by atoms with Gasteiger partial charge >= 0.3 is 11.9 Å². The third-order valence-corrected chi connectivity index (χ3v) is 6.48. The van der Waals surface area contributed by atoms with E-state index in [0.717, 1.165) is 12.3 Å². The molecule has 13 nitrogen and oxygen atoms in total. The first-order valence-corrected chi connectivity index (χ1v) is 11.7. The van der Waals surface area contributed by atoms with Gasteiger partial charge in [0.15, 0.2) is 17.8 Å². The van der Waals surface area contributed by atoms with Crippen molar-refractivity contribution in [2.75, 3.05) is 6.61 Å². The highest BCUT2D eigenvalue weighted by molar-refractivity contribution is 5.91. The molecule has 3 heterocycles. The molecule has 3 aliphatic rings. The normalized spacial score (nSPS) is 35.0. The van der Waals surface area contributed by atoms with Crippen LogP contribution in [0, 0.1) is 11.8 Å². The summed E-state index contributed by atoms with van der Waals surface area (Å²) in [6.07, 6.45) is -5.01. The molecule has 3 aliphatic heterocycles. The van der Waals surface area contributed by atoms with Gasteiger partial charge in [-0.25, -0.2) is 9.59 Å². The van der Waals surface area contributed by atoms with Crippen molar-refractivity contribution in [3.05, 3.63) is 54.3 Å². The van der Waals surface area contributed by atoms with Gasteiger partial charge in [-0.05, 0) is 23.8 Å². The number of cyclic esters (lactones) is 1. The number of benzene rings is 1. The van der Waals surface area contributed by atoms with Crippen molar-refractivity contribution in [3.63, 3.8) is 0 Å². The predicted molar refractivity (Wildman–Crippen MR) is 124 cm³/mol. The molecule has 2 saturated heterocycles. The number of esters is 2. The van der Waals surface area contributed by atoms with Gasteiger partial charge in [-0.1, -0.05) is 12.1 Å². The smallest absolute Gasteiger partial charge is 0.340 e. The van der Waals surface area contributed by atoms with Gasteiger partial charge in [-0.15, -0.1) is 6.58 Å². The fourth-order valence-electron chi connectivity index (χ4n) is 4.40. The highest BCUT2D eigenvalue weighted by Gasteiger charge is 2.49. The lowest BCUT2D eigenvalue weighted by Crippen LogP contribution is -2.60. The summed E-state index contributed by atoms with van der Waals surface area (Å²) < 4.78 is 27.0. The number of carbonyl (C=O) groups is 2. The van der Waals surface area contributed by atoms with Crippen molar-refractivity contribution in [2.45, 2.75) is 49.7 Å². The number of rotatable bonds is 7. The summed E-state index contributed by atoms with van der Waals surface area (Å²) in [7, 11) is 0. The maximum Gasteiger partial charge on any atom is 0.340 e. The SMILES string of the molecule is C=C[C@H]1[C@H](O[C@@H]2O[C@H](CO)[C@@H](O)[C@H](O)[C@H]2O)OC=C2C(=O)O[C@H](OC(=O)C=Cc3ccc(O)c(O)c3)C[C@H]21. The van der Waals surface area contributed by atoms with E-state index in [1.54, 1.807) is 0 Å². The van der Waals surface area contributed by atoms with Gasteiger partial charge in [0.1, 0.15) is 24.4 Å². The molecule has 0 radical (unpaired) electrons. The second-order valence-electron chi connectivity index (χ2n) is 8.92. The van der Waals surface area contributed by atoms with E-state index < -0.39 is 73.7 Å². The molecule has 6 N–H and O–H groups in total. The van der Waals surface area contributed by atoms with Gasteiger partial charge in [-0.3, -0.25) is 0 Å². The number of phenolic OH excluding ortho intramolecular Hbond substituents is 2. The zero-order valence-corrected chi connectivity index (χ0v) is 19.9. The molecule has 2 fully saturated rings. The molecule has 9 atom stereocenters. The molecule has 0 aliphatic carbocycles. The van der Waals surface area contributed by atoms with E-state index >= 15 is 0 Å². The topological polar surface area (TPSA) is 202 Å². The van der Waals surface area contributed by atoms with Crippen LogP contribution in [0.3, 0.4) is 0 Å². The molecular weight excluding hydrogens is 508 g/mol. The van der Waals surface area contributed by atoms with Crippen molar-refractivity contribution in [1.29, 1.82) is 0 Å². The lowest BCUT2D eigenvalue weighted by Gasteiger charge is -2.44. The highest BCUT2D eigenvalue weighted by Crippen LogP contribution is 2.40. The molecule has 0 saturated carbocycles. The Morgan fingerprint density at radius 2 is 1.87 bits per heavy atom. The van der Waals surface area contributed by atoms with Crippen molar-refractivity contribution >= 4 is 18.0 Å². The summed E-state index contributed by atoms with van der Waals surface area (Å²) in [5, 5.41) is 58.6. The molecule has 4 rings (SSSR count). The zero-order chi connectivity index (χ0) is 27.6. The standard InChI is InChI=1S/C25H28O13/c1-2-12-13-8-19(36-18(29)6-4-11-3-5-15(27)16(28)7-11)37-23(33)14(13)10-34-24(12)38-25-22(32)21(31)20(30)17(9-26)35-25/h2-7,10,12-13,17,19-22,24-28,30-32H,1,8-9H2/t12-,13+,17-,19+,20-,21+,22-,24+,25+/m1/s1. The van der Waals surface area contributed by atoms with E-state index in [9.17, 15) is 40.2 Å². The number of fused-ring (bicyclic) bond motifs is 1. The quantitative estimate of drug-likeness (QED) is 0.112. The second kappa shape index (κ2) is 11.5. The molecule has 206 valence electrons. The highest BCUT2D eigenvalue weighted by atomic mass is 16.8. The molecular formula is C25H28O13. The van der Waals surface area contributed by atoms with Crippen molar-refractivity contribution in [2.24, 2.45) is 11.8 Å². The number of aliphatic hydroxyl groups is 4. The van der Waals surface area contributed by atoms with Crippen LogP contribution < -0.4 is 0 Å². The number of carbonyl (C=O) groups excluding carboxylic acids is 2. The van der Waals surface area contributed by atoms with E-state index in [-0.39, 0.29) is 23.5 Å². The van der Waals surface area contributed by atoms with Crippen molar-refractivity contribution < 1.29 is 63.9 Å². The Morgan fingerprint density at radius 1 is 1.11 bits per heavy atom. The summed E-state index contributed by atoms with van der Waals surface area (Å²) in [5.41, 5.74) is 0.554. The number of hydrogen-bond acceptors (Lipinski definition) is 13. The minimum Gasteiger partial charge on any atom is -0.504 e. The van der Waals surface area contributed by atoms with Gasteiger partial charge in [-0.2, -0.15) is 0 Å². The Bertz CT molecular complexity index is 1110. The van der Waals surface area contributed by atoms with Crippen LogP contribution in [0.4, 0.5) is 0 Å². The Balaban J connectivity index is 1.43. The average molecular weight is 536 g/mol. The minimum absolute atomic E-state index is 0.0196. The largest absolute Gasteiger partial charge is 0.504 e. The predicted octanol–water partition coefficient (Wildman–Crippen LogP) is -0.598. The molecule has 1 aromatic carbocycles. The van der Waals surface area contributed by atoms with E-state index in [1.807, 2.05) is 0 Å². The summed E-state index contributed by atoms with van der Waals surface area (Å²) >= 11 is 0. The van der Waals surface area contributed by atoms with E-state index in [1.165, 1.54) is 30.4 Å². The summed E-state index contributed by atoms with van der Waals surface area (Å²) in [6.45, 7) is 3.11. The average Bonchev–Trinajstić information content (AvgIpc) is 2.89. The third kappa shape index (κ3) is 5.67. The molecule has 1 aromatic rings. The second-order valence-corrected chi connectivity index (χ2v) is 8.92. The fraction of sp³-hybridized carbons (Fsp3) is 0.440.